The van der Waals surface area contributed by atoms with Crippen molar-refractivity contribution in [2.75, 3.05) is 17.2 Å². The smallest absolute Gasteiger partial charge is 0.263 e. The van der Waals surface area contributed by atoms with Crippen molar-refractivity contribution in [1.29, 1.82) is 5.26 Å². The summed E-state index contributed by atoms with van der Waals surface area (Å²) >= 11 is 6.68. The van der Waals surface area contributed by atoms with Crippen LogP contribution in [0, 0.1) is 23.7 Å². The van der Waals surface area contributed by atoms with Crippen LogP contribution in [-0.2, 0) is 5.54 Å². The molecule has 1 fully saturated rings. The van der Waals surface area contributed by atoms with Crippen molar-refractivity contribution in [1.82, 2.24) is 34.7 Å². The maximum absolute atomic E-state index is 14.0. The summed E-state index contributed by atoms with van der Waals surface area (Å²) in [5.74, 6) is 0. The van der Waals surface area contributed by atoms with Gasteiger partial charge in [-0.15, -0.1) is 15.3 Å². The van der Waals surface area contributed by atoms with E-state index in [9.17, 15) is 14.0 Å². The first-order valence-electron chi connectivity index (χ1n) is 14.2. The summed E-state index contributed by atoms with van der Waals surface area (Å²) in [7, 11) is 0. The highest BCUT2D eigenvalue weighted by Gasteiger charge is 2.54. The number of fused-ring (bicyclic) bond motifs is 1. The van der Waals surface area contributed by atoms with Crippen LogP contribution >= 0.6 is 11.6 Å². The number of nitriles is 1. The molecule has 0 unspecified atom stereocenters. The van der Waals surface area contributed by atoms with Gasteiger partial charge in [0.05, 0.1) is 40.4 Å². The van der Waals surface area contributed by atoms with E-state index in [0.29, 0.717) is 57.9 Å². The Morgan fingerprint density at radius 2 is 1.91 bits per heavy atom. The Bertz CT molecular complexity index is 1870. The molecule has 3 aromatic heterocycles. The standard InChI is InChI=1S/C31H31ClF2N10/c1-18-21(6-5-7-25(18)43-16-38-39-17-43)28(24-14-44(42-41-24)31(8-9-31)29(33)34)40-23-11-20(32)10-22-26(37-15-30(2,3)4)19(12-35)13-36-27(22)23/h5-7,10-11,13-14,16-17,28-29,40H,8-9,15H2,1-4H3,(H,36,37)/t28-/m0/s1. The Kier molecular flexibility index (Phi) is 7.45. The van der Waals surface area contributed by atoms with Gasteiger partial charge in [-0.1, -0.05) is 49.7 Å². The number of alkyl halides is 2. The van der Waals surface area contributed by atoms with E-state index >= 15 is 0 Å². The summed E-state index contributed by atoms with van der Waals surface area (Å²) in [6.07, 6.45) is 4.46. The first kappa shape index (κ1) is 29.4. The lowest BCUT2D eigenvalue weighted by Gasteiger charge is -2.24. The van der Waals surface area contributed by atoms with Gasteiger partial charge in [-0.2, -0.15) is 5.26 Å². The first-order chi connectivity index (χ1) is 21.0. The van der Waals surface area contributed by atoms with Crippen molar-refractivity contribution in [3.63, 3.8) is 0 Å². The molecule has 1 aliphatic carbocycles. The molecule has 1 aliphatic rings. The molecule has 1 saturated carbocycles. The third-order valence-electron chi connectivity index (χ3n) is 7.94. The van der Waals surface area contributed by atoms with Gasteiger partial charge in [0.25, 0.3) is 6.43 Å². The van der Waals surface area contributed by atoms with E-state index in [0.717, 1.165) is 16.8 Å². The van der Waals surface area contributed by atoms with Crippen LogP contribution in [0.4, 0.5) is 20.2 Å². The number of nitrogens with zero attached hydrogens (tertiary/aromatic N) is 8. The second-order valence-corrected chi connectivity index (χ2v) is 12.8. The normalized spacial score (nSPS) is 14.9. The Morgan fingerprint density at radius 3 is 2.57 bits per heavy atom. The van der Waals surface area contributed by atoms with Gasteiger partial charge in [-0.25, -0.2) is 13.5 Å². The fraction of sp³-hybridized carbons (Fsp3) is 0.355. The van der Waals surface area contributed by atoms with Crippen LogP contribution in [0.1, 0.15) is 62.0 Å². The lowest BCUT2D eigenvalue weighted by atomic mass is 9.96. The highest BCUT2D eigenvalue weighted by molar-refractivity contribution is 6.32. The molecule has 13 heteroatoms. The largest absolute Gasteiger partial charge is 0.383 e. The predicted octanol–water partition coefficient (Wildman–Crippen LogP) is 6.65. The number of pyridine rings is 1. The van der Waals surface area contributed by atoms with E-state index in [-0.39, 0.29) is 5.41 Å². The quantitative estimate of drug-likeness (QED) is 0.189. The zero-order chi connectivity index (χ0) is 31.2. The Morgan fingerprint density at radius 1 is 1.16 bits per heavy atom. The van der Waals surface area contributed by atoms with Crippen molar-refractivity contribution >= 4 is 33.9 Å². The molecule has 1 atom stereocenters. The van der Waals surface area contributed by atoms with Crippen molar-refractivity contribution in [2.24, 2.45) is 5.41 Å². The van der Waals surface area contributed by atoms with Gasteiger partial charge in [0.2, 0.25) is 0 Å². The van der Waals surface area contributed by atoms with E-state index < -0.39 is 18.0 Å². The van der Waals surface area contributed by atoms with E-state index in [1.54, 1.807) is 35.6 Å². The molecular weight excluding hydrogens is 586 g/mol. The van der Waals surface area contributed by atoms with E-state index in [2.05, 4.69) is 63.0 Å². The van der Waals surface area contributed by atoms with Crippen LogP contribution in [0.25, 0.3) is 16.6 Å². The van der Waals surface area contributed by atoms with Crippen LogP contribution in [0.5, 0.6) is 0 Å². The van der Waals surface area contributed by atoms with E-state index in [1.807, 2.05) is 25.1 Å². The average molecular weight is 617 g/mol. The van der Waals surface area contributed by atoms with Crippen LogP contribution in [-0.4, -0.2) is 47.7 Å². The number of benzene rings is 2. The molecule has 44 heavy (non-hydrogen) atoms. The first-order valence-corrected chi connectivity index (χ1v) is 14.6. The molecule has 0 amide bonds. The number of nitrogens with one attached hydrogen (secondary N) is 2. The van der Waals surface area contributed by atoms with Gasteiger partial charge < -0.3 is 10.6 Å². The second kappa shape index (κ2) is 11.1. The highest BCUT2D eigenvalue weighted by Crippen LogP contribution is 2.48. The summed E-state index contributed by atoms with van der Waals surface area (Å²) in [6.45, 7) is 8.88. The number of halogens is 3. The molecule has 0 spiro atoms. The predicted molar refractivity (Wildman–Crippen MR) is 164 cm³/mol. The Labute approximate surface area is 258 Å². The fourth-order valence-corrected chi connectivity index (χ4v) is 5.55. The summed E-state index contributed by atoms with van der Waals surface area (Å²) in [6, 6.07) is 10.9. The van der Waals surface area contributed by atoms with Gasteiger partial charge in [0.15, 0.2) is 0 Å². The monoisotopic (exact) mass is 616 g/mol. The van der Waals surface area contributed by atoms with Crippen LogP contribution < -0.4 is 10.6 Å². The minimum atomic E-state index is -2.56. The molecule has 0 bridgehead atoms. The summed E-state index contributed by atoms with van der Waals surface area (Å²) < 4.78 is 31.1. The summed E-state index contributed by atoms with van der Waals surface area (Å²) in [5, 5.41) is 34.4. The summed E-state index contributed by atoms with van der Waals surface area (Å²) in [5.41, 5.74) is 3.84. The third-order valence-corrected chi connectivity index (χ3v) is 8.16. The Hall–Kier alpha value is -4.63. The lowest BCUT2D eigenvalue weighted by Crippen LogP contribution is -2.26. The molecule has 2 aromatic carbocycles. The SMILES string of the molecule is Cc1c([C@H](Nc2cc(Cl)cc3c(NCC(C)(C)C)c(C#N)cnc23)c2cn(C3(C(F)F)CC3)nn2)cccc1-n1cnnc1. The van der Waals surface area contributed by atoms with Crippen molar-refractivity contribution < 1.29 is 8.78 Å². The molecule has 226 valence electrons. The molecule has 3 heterocycles. The number of aromatic nitrogens is 7. The number of hydrogen-bond acceptors (Lipinski definition) is 8. The molecule has 0 aliphatic heterocycles. The second-order valence-electron chi connectivity index (χ2n) is 12.4. The lowest BCUT2D eigenvalue weighted by molar-refractivity contribution is 0.0593. The van der Waals surface area contributed by atoms with Crippen molar-refractivity contribution in [3.05, 3.63) is 82.8 Å². The van der Waals surface area contributed by atoms with E-state index in [4.69, 9.17) is 11.6 Å². The van der Waals surface area contributed by atoms with Gasteiger partial charge in [-0.3, -0.25) is 9.55 Å². The topological polar surface area (TPSA) is 122 Å². The summed E-state index contributed by atoms with van der Waals surface area (Å²) in [4.78, 5) is 4.65. The van der Waals surface area contributed by atoms with Crippen LogP contribution in [0.3, 0.4) is 0 Å². The van der Waals surface area contributed by atoms with Crippen molar-refractivity contribution in [2.45, 2.75) is 58.5 Å². The molecule has 0 radical (unpaired) electrons. The van der Waals surface area contributed by atoms with Crippen LogP contribution in [0.15, 0.2) is 55.4 Å². The third kappa shape index (κ3) is 5.43. The number of rotatable bonds is 9. The van der Waals surface area contributed by atoms with Gasteiger partial charge in [-0.05, 0) is 54.5 Å². The molecule has 6 rings (SSSR count). The fourth-order valence-electron chi connectivity index (χ4n) is 5.33. The van der Waals surface area contributed by atoms with Crippen molar-refractivity contribution in [3.8, 4) is 11.8 Å². The zero-order valence-corrected chi connectivity index (χ0v) is 25.4. The minimum absolute atomic E-state index is 0.0522. The molecule has 5 aromatic rings. The zero-order valence-electron chi connectivity index (χ0n) is 24.7. The molecule has 2 N–H and O–H groups in total. The molecular formula is C31H31ClF2N10. The molecule has 10 nitrogen and oxygen atoms in total. The molecule has 0 saturated heterocycles. The average Bonchev–Trinajstić information content (AvgIpc) is 3.35. The minimum Gasteiger partial charge on any atom is -0.383 e. The highest BCUT2D eigenvalue weighted by atomic mass is 35.5. The van der Waals surface area contributed by atoms with E-state index in [1.165, 1.54) is 10.9 Å². The maximum Gasteiger partial charge on any atom is 0.263 e. The number of anilines is 2. The maximum atomic E-state index is 14.0. The van der Waals surface area contributed by atoms with Gasteiger partial charge in [0.1, 0.15) is 30.0 Å². The van der Waals surface area contributed by atoms with Crippen LogP contribution in [0.2, 0.25) is 5.02 Å². The Balaban J connectivity index is 1.50. The number of hydrogen-bond donors (Lipinski definition) is 2. The van der Waals surface area contributed by atoms with Gasteiger partial charge in [0, 0.05) is 23.2 Å². The van der Waals surface area contributed by atoms with Gasteiger partial charge >= 0.3 is 0 Å².